The second kappa shape index (κ2) is 9.63. The lowest BCUT2D eigenvalue weighted by molar-refractivity contribution is -0.158. The van der Waals surface area contributed by atoms with Crippen molar-refractivity contribution in [3.05, 3.63) is 83.6 Å². The Morgan fingerprint density at radius 2 is 1.82 bits per heavy atom. The number of hydrogen-bond acceptors (Lipinski definition) is 4. The number of ether oxygens (including phenoxy) is 1. The summed E-state index contributed by atoms with van der Waals surface area (Å²) in [5.41, 5.74) is 4.21. The summed E-state index contributed by atoms with van der Waals surface area (Å²) < 4.78 is 34.1. The minimum atomic E-state index is -1.16. The monoisotopic (exact) mass is 449 g/mol. The Bertz CT molecular complexity index is 1170. The Morgan fingerprint density at radius 3 is 2.45 bits per heavy atom. The molecule has 1 saturated heterocycles. The average molecular weight is 449 g/mol. The number of aliphatic hydroxyl groups excluding tert-OH is 1. The molecule has 1 aliphatic rings. The quantitative estimate of drug-likeness (QED) is 0.482. The smallest absolute Gasteiger partial charge is 0.309 e. The third-order valence-electron chi connectivity index (χ3n) is 5.61. The Hall–Kier alpha value is -3.38. The Labute approximate surface area is 191 Å². The fourth-order valence-corrected chi connectivity index (χ4v) is 3.97. The van der Waals surface area contributed by atoms with E-state index in [4.69, 9.17) is 9.72 Å². The molecule has 6 heteroatoms. The average Bonchev–Trinajstić information content (AvgIpc) is 2.79. The van der Waals surface area contributed by atoms with E-state index < -0.39 is 24.0 Å². The van der Waals surface area contributed by atoms with Crippen LogP contribution < -0.4 is 0 Å². The molecule has 0 spiro atoms. The third kappa shape index (κ3) is 5.17. The van der Waals surface area contributed by atoms with Crippen molar-refractivity contribution < 1.29 is 23.4 Å². The highest BCUT2D eigenvalue weighted by Gasteiger charge is 2.31. The van der Waals surface area contributed by atoms with Gasteiger partial charge in [0.15, 0.2) is 6.10 Å². The lowest BCUT2D eigenvalue weighted by Crippen LogP contribution is -2.32. The molecule has 4 rings (SSSR count). The predicted octanol–water partition coefficient (Wildman–Crippen LogP) is 6.06. The highest BCUT2D eigenvalue weighted by molar-refractivity contribution is 5.81. The van der Waals surface area contributed by atoms with Gasteiger partial charge in [-0.2, -0.15) is 0 Å². The summed E-state index contributed by atoms with van der Waals surface area (Å²) in [6.45, 7) is 3.93. The topological polar surface area (TPSA) is 59.4 Å². The number of rotatable bonds is 5. The van der Waals surface area contributed by atoms with E-state index in [1.54, 1.807) is 12.1 Å². The maximum atomic E-state index is 15.3. The number of cyclic esters (lactones) is 1. The van der Waals surface area contributed by atoms with Crippen LogP contribution in [0.4, 0.5) is 8.78 Å². The summed E-state index contributed by atoms with van der Waals surface area (Å²) in [5, 5.41) is 9.89. The SMILES string of the molecule is CC(C)c1nc(-c2ccccc2)cc(-c2ccc(F)cc2)c1/C=C(\F)[C@@H]1C[C@@H](O)CC(=O)O1. The number of aromatic nitrogens is 1. The number of pyridine rings is 1. The molecule has 1 aliphatic heterocycles. The normalized spacial score (nSPS) is 19.0. The summed E-state index contributed by atoms with van der Waals surface area (Å²) in [5.74, 6) is -1.72. The van der Waals surface area contributed by atoms with Crippen molar-refractivity contribution in [1.82, 2.24) is 4.98 Å². The molecule has 0 aliphatic carbocycles. The van der Waals surface area contributed by atoms with Gasteiger partial charge in [0.2, 0.25) is 0 Å². The van der Waals surface area contributed by atoms with E-state index >= 15 is 4.39 Å². The molecule has 0 saturated carbocycles. The van der Waals surface area contributed by atoms with Gasteiger partial charge in [0, 0.05) is 17.5 Å². The number of carbonyl (C=O) groups is 1. The molecule has 1 N–H and O–H groups in total. The molecular weight excluding hydrogens is 424 g/mol. The van der Waals surface area contributed by atoms with Crippen molar-refractivity contribution >= 4 is 12.0 Å². The number of nitrogens with zero attached hydrogens (tertiary/aromatic N) is 1. The highest BCUT2D eigenvalue weighted by Crippen LogP contribution is 2.36. The van der Waals surface area contributed by atoms with Gasteiger partial charge in [-0.15, -0.1) is 0 Å². The van der Waals surface area contributed by atoms with Crippen LogP contribution in [0.1, 0.15) is 43.9 Å². The van der Waals surface area contributed by atoms with E-state index in [1.807, 2.05) is 50.2 Å². The lowest BCUT2D eigenvalue weighted by Gasteiger charge is -2.25. The zero-order chi connectivity index (χ0) is 23.5. The van der Waals surface area contributed by atoms with Crippen molar-refractivity contribution in [3.63, 3.8) is 0 Å². The number of halogens is 2. The second-order valence-electron chi connectivity index (χ2n) is 8.48. The van der Waals surface area contributed by atoms with Crippen molar-refractivity contribution in [1.29, 1.82) is 0 Å². The summed E-state index contributed by atoms with van der Waals surface area (Å²) in [6.07, 6.45) is -0.931. The van der Waals surface area contributed by atoms with Crippen molar-refractivity contribution in [3.8, 4) is 22.4 Å². The standard InChI is InChI=1S/C27H25F2NO3/c1-16(2)27-22(14-23(29)25-12-20(31)13-26(32)33-25)21(17-8-10-19(28)11-9-17)15-24(30-27)18-6-4-3-5-7-18/h3-11,14-16,20,25,31H,12-13H2,1-2H3/b23-14-/t20-,25+/m1/s1. The minimum Gasteiger partial charge on any atom is -0.455 e. The molecule has 2 heterocycles. The van der Waals surface area contributed by atoms with Crippen molar-refractivity contribution in [2.24, 2.45) is 0 Å². The van der Waals surface area contributed by atoms with Crippen LogP contribution >= 0.6 is 0 Å². The highest BCUT2D eigenvalue weighted by atomic mass is 19.1. The molecule has 2 aromatic carbocycles. The molecule has 33 heavy (non-hydrogen) atoms. The first kappa shape index (κ1) is 22.8. The fraction of sp³-hybridized carbons (Fsp3) is 0.259. The second-order valence-corrected chi connectivity index (χ2v) is 8.48. The summed E-state index contributed by atoms with van der Waals surface area (Å²) in [4.78, 5) is 16.5. The Kier molecular flexibility index (Phi) is 6.65. The van der Waals surface area contributed by atoms with Gasteiger partial charge in [-0.05, 0) is 41.3 Å². The van der Waals surface area contributed by atoms with Gasteiger partial charge < -0.3 is 9.84 Å². The van der Waals surface area contributed by atoms with Crippen LogP contribution in [-0.2, 0) is 9.53 Å². The summed E-state index contributed by atoms with van der Waals surface area (Å²) >= 11 is 0. The van der Waals surface area contributed by atoms with E-state index in [1.165, 1.54) is 18.2 Å². The first-order valence-electron chi connectivity index (χ1n) is 10.9. The molecule has 1 aromatic heterocycles. The molecule has 170 valence electrons. The van der Waals surface area contributed by atoms with Gasteiger partial charge >= 0.3 is 5.97 Å². The number of carbonyl (C=O) groups excluding carboxylic acids is 1. The van der Waals surface area contributed by atoms with Crippen LogP contribution in [0.15, 0.2) is 66.5 Å². The zero-order valence-corrected chi connectivity index (χ0v) is 18.5. The number of benzene rings is 2. The van der Waals surface area contributed by atoms with E-state index in [-0.39, 0.29) is 24.6 Å². The van der Waals surface area contributed by atoms with Gasteiger partial charge in [0.25, 0.3) is 0 Å². The summed E-state index contributed by atoms with van der Waals surface area (Å²) in [6, 6.07) is 17.5. The first-order valence-corrected chi connectivity index (χ1v) is 10.9. The van der Waals surface area contributed by atoms with Crippen LogP contribution in [0.25, 0.3) is 28.5 Å². The van der Waals surface area contributed by atoms with Crippen LogP contribution in [0.2, 0.25) is 0 Å². The van der Waals surface area contributed by atoms with Crippen LogP contribution in [-0.4, -0.2) is 28.3 Å². The van der Waals surface area contributed by atoms with Crippen molar-refractivity contribution in [2.75, 3.05) is 0 Å². The maximum Gasteiger partial charge on any atom is 0.309 e. The van der Waals surface area contributed by atoms with Crippen molar-refractivity contribution in [2.45, 2.75) is 44.8 Å². The van der Waals surface area contributed by atoms with Crippen LogP contribution in [0.3, 0.4) is 0 Å². The number of esters is 1. The summed E-state index contributed by atoms with van der Waals surface area (Å²) in [7, 11) is 0. The lowest BCUT2D eigenvalue weighted by atomic mass is 9.91. The maximum absolute atomic E-state index is 15.3. The van der Waals surface area contributed by atoms with Gasteiger partial charge in [0.05, 0.1) is 23.9 Å². The number of aliphatic hydroxyl groups is 1. The first-order chi connectivity index (χ1) is 15.8. The molecule has 0 bridgehead atoms. The molecule has 2 atom stereocenters. The van der Waals surface area contributed by atoms with E-state index in [0.717, 1.165) is 11.3 Å². The van der Waals surface area contributed by atoms with Gasteiger partial charge in [0.1, 0.15) is 11.6 Å². The predicted molar refractivity (Wildman–Crippen MR) is 123 cm³/mol. The molecule has 1 fully saturated rings. The van der Waals surface area contributed by atoms with E-state index in [0.29, 0.717) is 22.4 Å². The molecule has 3 aromatic rings. The molecule has 0 unspecified atom stereocenters. The largest absolute Gasteiger partial charge is 0.455 e. The number of hydrogen-bond donors (Lipinski definition) is 1. The van der Waals surface area contributed by atoms with Crippen LogP contribution in [0, 0.1) is 5.82 Å². The Balaban J connectivity index is 1.90. The van der Waals surface area contributed by atoms with E-state index in [9.17, 15) is 14.3 Å². The van der Waals surface area contributed by atoms with Crippen LogP contribution in [0.5, 0.6) is 0 Å². The van der Waals surface area contributed by atoms with Gasteiger partial charge in [-0.3, -0.25) is 9.78 Å². The minimum absolute atomic E-state index is 0.00745. The molecular formula is C27H25F2NO3. The van der Waals surface area contributed by atoms with Gasteiger partial charge in [-0.25, -0.2) is 8.78 Å². The fourth-order valence-electron chi connectivity index (χ4n) is 3.97. The Morgan fingerprint density at radius 1 is 1.12 bits per heavy atom. The van der Waals surface area contributed by atoms with Gasteiger partial charge in [-0.1, -0.05) is 56.3 Å². The molecule has 0 radical (unpaired) electrons. The molecule has 4 nitrogen and oxygen atoms in total. The third-order valence-corrected chi connectivity index (χ3v) is 5.61. The van der Waals surface area contributed by atoms with E-state index in [2.05, 4.69) is 0 Å². The zero-order valence-electron chi connectivity index (χ0n) is 18.5. The molecule has 0 amide bonds.